The van der Waals surface area contributed by atoms with E-state index in [4.69, 9.17) is 5.73 Å². The first kappa shape index (κ1) is 20.0. The lowest BCUT2D eigenvalue weighted by Crippen LogP contribution is -2.44. The predicted octanol–water partition coefficient (Wildman–Crippen LogP) is 0.237. The van der Waals surface area contributed by atoms with Gasteiger partial charge in [-0.15, -0.1) is 5.10 Å². The van der Waals surface area contributed by atoms with Crippen LogP contribution < -0.4 is 16.4 Å². The molecule has 0 bridgehead atoms. The number of nitrogens with two attached hydrogens (primary N) is 1. The number of carbonyl (C=O) groups is 3. The largest absolute Gasteiger partial charge is 0.366 e. The number of nitrogens with one attached hydrogen (secondary N) is 2. The van der Waals surface area contributed by atoms with Crippen LogP contribution >= 0.6 is 0 Å². The van der Waals surface area contributed by atoms with E-state index in [0.29, 0.717) is 37.3 Å². The average Bonchev–Trinajstić information content (AvgIpc) is 3.36. The lowest BCUT2D eigenvalue weighted by Gasteiger charge is -2.20. The zero-order chi connectivity index (χ0) is 21.5. The van der Waals surface area contributed by atoms with Gasteiger partial charge < -0.3 is 16.4 Å². The Bertz CT molecular complexity index is 1020. The maximum atomic E-state index is 12.6. The topological polar surface area (TPSA) is 148 Å². The SMILES string of the molecule is Cc1nc2nc(N)nn2c(C)c1CC(=O)NCCCN1C(=O)NC2(CCCC2)C1=O. The number of amides is 4. The van der Waals surface area contributed by atoms with Crippen LogP contribution in [0.25, 0.3) is 5.78 Å². The van der Waals surface area contributed by atoms with Gasteiger partial charge in [0.25, 0.3) is 11.7 Å². The number of aromatic nitrogens is 4. The van der Waals surface area contributed by atoms with E-state index in [1.807, 2.05) is 13.8 Å². The highest BCUT2D eigenvalue weighted by molar-refractivity contribution is 6.07. The van der Waals surface area contributed by atoms with Gasteiger partial charge in [0, 0.05) is 30.0 Å². The minimum absolute atomic E-state index is 0.131. The monoisotopic (exact) mass is 414 g/mol. The standard InChI is InChI=1S/C19H26N8O3/c1-11-13(12(2)27-17(22-11)23-16(20)25-27)10-14(28)21-8-5-9-26-15(29)19(24-18(26)30)6-3-4-7-19/h3-10H2,1-2H3,(H2,20,25)(H,21,28)(H,24,30). The molecule has 0 unspecified atom stereocenters. The Hall–Kier alpha value is -3.24. The normalized spacial score (nSPS) is 17.9. The van der Waals surface area contributed by atoms with Crippen molar-refractivity contribution < 1.29 is 14.4 Å². The van der Waals surface area contributed by atoms with Crippen LogP contribution in [0.1, 0.15) is 49.1 Å². The molecule has 0 atom stereocenters. The highest BCUT2D eigenvalue weighted by Gasteiger charge is 2.51. The second kappa shape index (κ2) is 7.54. The van der Waals surface area contributed by atoms with Crippen molar-refractivity contribution >= 4 is 29.6 Å². The van der Waals surface area contributed by atoms with Gasteiger partial charge in [0.15, 0.2) is 0 Å². The summed E-state index contributed by atoms with van der Waals surface area (Å²) in [4.78, 5) is 46.9. The van der Waals surface area contributed by atoms with Crippen molar-refractivity contribution in [2.45, 2.75) is 57.9 Å². The molecule has 1 aliphatic carbocycles. The van der Waals surface area contributed by atoms with Gasteiger partial charge in [0.05, 0.1) is 6.42 Å². The highest BCUT2D eigenvalue weighted by atomic mass is 16.2. The lowest BCUT2D eigenvalue weighted by molar-refractivity contribution is -0.131. The van der Waals surface area contributed by atoms with Gasteiger partial charge in [-0.05, 0) is 33.1 Å². The number of hydrogen-bond donors (Lipinski definition) is 3. The van der Waals surface area contributed by atoms with E-state index in [9.17, 15) is 14.4 Å². The van der Waals surface area contributed by atoms with Gasteiger partial charge in [-0.1, -0.05) is 12.8 Å². The number of fused-ring (bicyclic) bond motifs is 1. The first-order valence-corrected chi connectivity index (χ1v) is 10.2. The Morgan fingerprint density at radius 2 is 1.97 bits per heavy atom. The third kappa shape index (κ3) is 3.44. The summed E-state index contributed by atoms with van der Waals surface area (Å²) in [6.07, 6.45) is 3.97. The van der Waals surface area contributed by atoms with E-state index >= 15 is 0 Å². The molecule has 3 heterocycles. The third-order valence-corrected chi connectivity index (χ3v) is 5.99. The number of urea groups is 1. The fourth-order valence-electron chi connectivity index (χ4n) is 4.36. The summed E-state index contributed by atoms with van der Waals surface area (Å²) in [7, 11) is 0. The van der Waals surface area contributed by atoms with E-state index < -0.39 is 5.54 Å². The number of aryl methyl sites for hydroxylation is 2. The predicted molar refractivity (Wildman–Crippen MR) is 107 cm³/mol. The molecule has 30 heavy (non-hydrogen) atoms. The molecule has 2 aromatic heterocycles. The third-order valence-electron chi connectivity index (χ3n) is 5.99. The molecule has 0 aromatic carbocycles. The van der Waals surface area contributed by atoms with Crippen molar-refractivity contribution in [3.63, 3.8) is 0 Å². The zero-order valence-corrected chi connectivity index (χ0v) is 17.2. The van der Waals surface area contributed by atoms with Crippen LogP contribution in [0, 0.1) is 13.8 Å². The molecule has 1 aliphatic heterocycles. The molecule has 2 fully saturated rings. The summed E-state index contributed by atoms with van der Waals surface area (Å²) in [6.45, 7) is 4.31. The Morgan fingerprint density at radius 3 is 2.70 bits per heavy atom. The summed E-state index contributed by atoms with van der Waals surface area (Å²) in [5, 5.41) is 9.81. The maximum absolute atomic E-state index is 12.6. The van der Waals surface area contributed by atoms with Crippen LogP contribution in [0.5, 0.6) is 0 Å². The van der Waals surface area contributed by atoms with Crippen LogP contribution in [0.4, 0.5) is 10.7 Å². The Kier molecular flexibility index (Phi) is 5.04. The molecule has 1 saturated carbocycles. The van der Waals surface area contributed by atoms with Gasteiger partial charge in [-0.2, -0.15) is 9.50 Å². The highest BCUT2D eigenvalue weighted by Crippen LogP contribution is 2.34. The molecule has 11 nitrogen and oxygen atoms in total. The Labute approximate surface area is 173 Å². The van der Waals surface area contributed by atoms with E-state index in [0.717, 1.165) is 24.1 Å². The Balaban J connectivity index is 1.30. The number of hydrogen-bond acceptors (Lipinski definition) is 7. The Morgan fingerprint density at radius 1 is 1.23 bits per heavy atom. The van der Waals surface area contributed by atoms with E-state index in [-0.39, 0.29) is 36.8 Å². The molecule has 0 radical (unpaired) electrons. The second-order valence-electron chi connectivity index (χ2n) is 8.00. The van der Waals surface area contributed by atoms with Crippen molar-refractivity contribution in [1.29, 1.82) is 0 Å². The van der Waals surface area contributed by atoms with Crippen LogP contribution in [-0.2, 0) is 16.0 Å². The maximum Gasteiger partial charge on any atom is 0.325 e. The van der Waals surface area contributed by atoms with Crippen molar-refractivity contribution in [2.24, 2.45) is 0 Å². The van der Waals surface area contributed by atoms with E-state index in [1.54, 1.807) is 0 Å². The van der Waals surface area contributed by atoms with Gasteiger partial charge in [-0.3, -0.25) is 14.5 Å². The minimum atomic E-state index is -0.689. The number of imide groups is 1. The van der Waals surface area contributed by atoms with Gasteiger partial charge in [0.2, 0.25) is 11.9 Å². The molecular formula is C19H26N8O3. The van der Waals surface area contributed by atoms with Crippen molar-refractivity contribution in [3.8, 4) is 0 Å². The van der Waals surface area contributed by atoms with E-state index in [2.05, 4.69) is 25.7 Å². The zero-order valence-electron chi connectivity index (χ0n) is 17.2. The molecule has 1 saturated heterocycles. The summed E-state index contributed by atoms with van der Waals surface area (Å²) in [5.41, 5.74) is 7.17. The summed E-state index contributed by atoms with van der Waals surface area (Å²) >= 11 is 0. The molecule has 4 rings (SSSR count). The number of nitrogen functional groups attached to an aromatic ring is 1. The molecule has 11 heteroatoms. The van der Waals surface area contributed by atoms with Gasteiger partial charge >= 0.3 is 6.03 Å². The van der Waals surface area contributed by atoms with E-state index in [1.165, 1.54) is 9.42 Å². The number of nitrogens with zero attached hydrogens (tertiary/aromatic N) is 5. The van der Waals surface area contributed by atoms with Crippen LogP contribution in [0.15, 0.2) is 0 Å². The summed E-state index contributed by atoms with van der Waals surface area (Å²) in [6, 6.07) is -0.328. The fraction of sp³-hybridized carbons (Fsp3) is 0.579. The number of carbonyl (C=O) groups excluding carboxylic acids is 3. The summed E-state index contributed by atoms with van der Waals surface area (Å²) < 4.78 is 1.53. The average molecular weight is 414 g/mol. The smallest absolute Gasteiger partial charge is 0.325 e. The summed E-state index contributed by atoms with van der Waals surface area (Å²) in [5.74, 6) is 0.237. The molecule has 4 amide bonds. The van der Waals surface area contributed by atoms with Crippen LogP contribution in [0.2, 0.25) is 0 Å². The fourth-order valence-corrected chi connectivity index (χ4v) is 4.36. The van der Waals surface area contributed by atoms with Crippen LogP contribution in [0.3, 0.4) is 0 Å². The molecule has 2 aromatic rings. The molecule has 4 N–H and O–H groups in total. The second-order valence-corrected chi connectivity index (χ2v) is 8.00. The lowest BCUT2D eigenvalue weighted by atomic mass is 9.98. The van der Waals surface area contributed by atoms with Crippen molar-refractivity contribution in [1.82, 2.24) is 35.1 Å². The quantitative estimate of drug-likeness (QED) is 0.453. The molecule has 1 spiro atoms. The van der Waals surface area contributed by atoms with Crippen molar-refractivity contribution in [2.75, 3.05) is 18.8 Å². The van der Waals surface area contributed by atoms with Crippen LogP contribution in [-0.4, -0.2) is 61.0 Å². The van der Waals surface area contributed by atoms with Gasteiger partial charge in [-0.25, -0.2) is 9.78 Å². The molecule has 160 valence electrons. The number of rotatable bonds is 6. The molecule has 2 aliphatic rings. The first-order valence-electron chi connectivity index (χ1n) is 10.2. The van der Waals surface area contributed by atoms with Gasteiger partial charge in [0.1, 0.15) is 5.54 Å². The molecular weight excluding hydrogens is 388 g/mol. The number of anilines is 1. The first-order chi connectivity index (χ1) is 14.3. The minimum Gasteiger partial charge on any atom is -0.366 e. The van der Waals surface area contributed by atoms with Crippen molar-refractivity contribution in [3.05, 3.63) is 17.0 Å².